The molecule has 2 aliphatic rings. The van der Waals surface area contributed by atoms with Crippen LogP contribution in [0.3, 0.4) is 0 Å². The number of nitrogens with one attached hydrogen (secondary N) is 1. The van der Waals surface area contributed by atoms with Crippen LogP contribution in [0.5, 0.6) is 0 Å². The van der Waals surface area contributed by atoms with Crippen molar-refractivity contribution < 1.29 is 9.53 Å². The number of pyridine rings is 1. The summed E-state index contributed by atoms with van der Waals surface area (Å²) in [6.45, 7) is 6.96. The lowest BCUT2D eigenvalue weighted by atomic mass is 10.1. The minimum atomic E-state index is 0.0605. The highest BCUT2D eigenvalue weighted by Gasteiger charge is 2.22. The summed E-state index contributed by atoms with van der Waals surface area (Å²) in [4.78, 5) is 18.7. The molecular formula is C15H17N3O2. The number of ether oxygens (including phenoxy) is 1. The number of carbonyl (C=O) groups excluding carboxylic acids is 1. The summed E-state index contributed by atoms with van der Waals surface area (Å²) in [5.74, 6) is 0.0605. The third-order valence-corrected chi connectivity index (χ3v) is 3.52. The molecule has 0 radical (unpaired) electrons. The normalized spacial score (nSPS) is 18.7. The Balaban J connectivity index is 1.89. The average molecular weight is 271 g/mol. The van der Waals surface area contributed by atoms with Crippen LogP contribution in [0, 0.1) is 0 Å². The molecule has 1 aromatic heterocycles. The van der Waals surface area contributed by atoms with E-state index in [-0.39, 0.29) is 5.91 Å². The van der Waals surface area contributed by atoms with Crippen molar-refractivity contribution >= 4 is 17.7 Å². The summed E-state index contributed by atoms with van der Waals surface area (Å²) >= 11 is 0. The first-order valence-corrected chi connectivity index (χ1v) is 6.71. The lowest BCUT2D eigenvalue weighted by Crippen LogP contribution is -2.42. The molecule has 3 rings (SSSR count). The quantitative estimate of drug-likeness (QED) is 0.824. The van der Waals surface area contributed by atoms with Gasteiger partial charge in [0, 0.05) is 37.0 Å². The lowest BCUT2D eigenvalue weighted by molar-refractivity contribution is -0.131. The largest absolute Gasteiger partial charge is 0.379 e. The highest BCUT2D eigenvalue weighted by molar-refractivity contribution is 5.99. The number of carbonyl (C=O) groups is 1. The summed E-state index contributed by atoms with van der Waals surface area (Å²) in [5.41, 5.74) is 3.22. The molecule has 0 saturated carbocycles. The average Bonchev–Trinajstić information content (AvgIpc) is 2.67. The van der Waals surface area contributed by atoms with E-state index in [9.17, 15) is 4.79 Å². The first-order chi connectivity index (χ1) is 9.75. The predicted molar refractivity (Wildman–Crippen MR) is 76.6 cm³/mol. The number of hydrogen-bond acceptors (Lipinski definition) is 4. The Labute approximate surface area is 117 Å². The van der Waals surface area contributed by atoms with E-state index in [2.05, 4.69) is 16.9 Å². The Hall–Kier alpha value is -2.14. The molecule has 0 unspecified atom stereocenters. The molecular weight excluding hydrogens is 254 g/mol. The molecule has 1 aromatic rings. The standard InChI is InChI=1S/C15H17N3O2/c1-11-14-12(3-2-4-16-14)9-13(10-17-11)15(19)18-5-7-20-8-6-18/h2-4,9,17H,1,5-8,10H2. The molecule has 0 aliphatic carbocycles. The lowest BCUT2D eigenvalue weighted by Gasteiger charge is -2.27. The summed E-state index contributed by atoms with van der Waals surface area (Å²) in [7, 11) is 0. The van der Waals surface area contributed by atoms with Crippen LogP contribution in [-0.2, 0) is 9.53 Å². The molecule has 5 nitrogen and oxygen atoms in total. The van der Waals surface area contributed by atoms with Crippen molar-refractivity contribution in [3.8, 4) is 0 Å². The predicted octanol–water partition coefficient (Wildman–Crippen LogP) is 0.898. The Morgan fingerprint density at radius 3 is 3.00 bits per heavy atom. The van der Waals surface area contributed by atoms with Crippen LogP contribution >= 0.6 is 0 Å². The van der Waals surface area contributed by atoms with Gasteiger partial charge >= 0.3 is 0 Å². The second kappa shape index (κ2) is 5.46. The molecule has 0 bridgehead atoms. The Morgan fingerprint density at radius 1 is 1.40 bits per heavy atom. The SMILES string of the molecule is C=C1NCC(C(=O)N2CCOCC2)=Cc2cccnc21. The first kappa shape index (κ1) is 12.9. The van der Waals surface area contributed by atoms with E-state index in [4.69, 9.17) is 4.74 Å². The van der Waals surface area contributed by atoms with Gasteiger partial charge < -0.3 is 15.0 Å². The van der Waals surface area contributed by atoms with Crippen LogP contribution in [0.25, 0.3) is 11.8 Å². The van der Waals surface area contributed by atoms with Gasteiger partial charge in [-0.05, 0) is 12.1 Å². The first-order valence-electron chi connectivity index (χ1n) is 6.71. The second-order valence-electron chi connectivity index (χ2n) is 4.85. The number of nitrogens with zero attached hydrogens (tertiary/aromatic N) is 2. The van der Waals surface area contributed by atoms with E-state index in [0.717, 1.165) is 22.5 Å². The van der Waals surface area contributed by atoms with Gasteiger partial charge in [-0.1, -0.05) is 12.6 Å². The molecule has 0 aromatic carbocycles. The van der Waals surface area contributed by atoms with E-state index >= 15 is 0 Å². The van der Waals surface area contributed by atoms with Gasteiger partial charge in [0.25, 0.3) is 5.91 Å². The van der Waals surface area contributed by atoms with Crippen LogP contribution in [0.2, 0.25) is 0 Å². The molecule has 1 saturated heterocycles. The molecule has 104 valence electrons. The minimum absolute atomic E-state index is 0.0605. The van der Waals surface area contributed by atoms with Gasteiger partial charge in [0.2, 0.25) is 0 Å². The zero-order valence-corrected chi connectivity index (χ0v) is 11.3. The van der Waals surface area contributed by atoms with Gasteiger partial charge in [0.1, 0.15) is 0 Å². The summed E-state index contributed by atoms with van der Waals surface area (Å²) in [6, 6.07) is 3.82. The molecule has 0 atom stereocenters. The van der Waals surface area contributed by atoms with Crippen molar-refractivity contribution in [2.45, 2.75) is 0 Å². The molecule has 1 amide bonds. The van der Waals surface area contributed by atoms with E-state index in [1.54, 1.807) is 6.20 Å². The number of morpholine rings is 1. The smallest absolute Gasteiger partial charge is 0.251 e. The van der Waals surface area contributed by atoms with Crippen LogP contribution in [-0.4, -0.2) is 48.6 Å². The summed E-state index contributed by atoms with van der Waals surface area (Å²) in [6.07, 6.45) is 3.64. The molecule has 5 heteroatoms. The monoisotopic (exact) mass is 271 g/mol. The van der Waals surface area contributed by atoms with Gasteiger partial charge in [0.05, 0.1) is 24.6 Å². The van der Waals surface area contributed by atoms with E-state index in [1.807, 2.05) is 23.1 Å². The molecule has 0 spiro atoms. The van der Waals surface area contributed by atoms with Crippen LogP contribution in [0.15, 0.2) is 30.5 Å². The maximum absolute atomic E-state index is 12.5. The van der Waals surface area contributed by atoms with Gasteiger partial charge in [-0.3, -0.25) is 9.78 Å². The number of rotatable bonds is 1. The Morgan fingerprint density at radius 2 is 2.20 bits per heavy atom. The van der Waals surface area contributed by atoms with Crippen molar-refractivity contribution in [2.75, 3.05) is 32.8 Å². The fourth-order valence-electron chi connectivity index (χ4n) is 2.42. The number of amides is 1. The van der Waals surface area contributed by atoms with Crippen molar-refractivity contribution in [3.05, 3.63) is 41.7 Å². The molecule has 2 aliphatic heterocycles. The second-order valence-corrected chi connectivity index (χ2v) is 4.85. The summed E-state index contributed by atoms with van der Waals surface area (Å²) < 4.78 is 5.28. The highest BCUT2D eigenvalue weighted by atomic mass is 16.5. The van der Waals surface area contributed by atoms with Gasteiger partial charge in [-0.15, -0.1) is 0 Å². The fraction of sp³-hybridized carbons (Fsp3) is 0.333. The number of fused-ring (bicyclic) bond motifs is 1. The fourth-order valence-corrected chi connectivity index (χ4v) is 2.42. The van der Waals surface area contributed by atoms with Gasteiger partial charge in [0.15, 0.2) is 0 Å². The Kier molecular flexibility index (Phi) is 3.52. The van der Waals surface area contributed by atoms with E-state index in [1.165, 1.54) is 0 Å². The van der Waals surface area contributed by atoms with Crippen LogP contribution in [0.1, 0.15) is 11.3 Å². The maximum atomic E-state index is 12.5. The van der Waals surface area contributed by atoms with Gasteiger partial charge in [-0.2, -0.15) is 0 Å². The molecule has 20 heavy (non-hydrogen) atoms. The maximum Gasteiger partial charge on any atom is 0.251 e. The topological polar surface area (TPSA) is 54.5 Å². The zero-order chi connectivity index (χ0) is 13.9. The summed E-state index contributed by atoms with van der Waals surface area (Å²) in [5, 5.41) is 3.17. The van der Waals surface area contributed by atoms with Crippen LogP contribution in [0.4, 0.5) is 0 Å². The third-order valence-electron chi connectivity index (χ3n) is 3.52. The third kappa shape index (κ3) is 2.44. The molecule has 3 heterocycles. The van der Waals surface area contributed by atoms with Crippen molar-refractivity contribution in [3.63, 3.8) is 0 Å². The Bertz CT molecular complexity index is 574. The van der Waals surface area contributed by atoms with Crippen molar-refractivity contribution in [1.29, 1.82) is 0 Å². The number of hydrogen-bond donors (Lipinski definition) is 1. The number of aromatic nitrogens is 1. The van der Waals surface area contributed by atoms with Crippen molar-refractivity contribution in [1.82, 2.24) is 15.2 Å². The van der Waals surface area contributed by atoms with Gasteiger partial charge in [-0.25, -0.2) is 0 Å². The van der Waals surface area contributed by atoms with E-state index < -0.39 is 0 Å². The van der Waals surface area contributed by atoms with Crippen LogP contribution < -0.4 is 5.32 Å². The molecule has 1 N–H and O–H groups in total. The van der Waals surface area contributed by atoms with E-state index in [0.29, 0.717) is 32.8 Å². The van der Waals surface area contributed by atoms with Crippen molar-refractivity contribution in [2.24, 2.45) is 0 Å². The zero-order valence-electron chi connectivity index (χ0n) is 11.3. The minimum Gasteiger partial charge on any atom is -0.379 e. The molecule has 1 fully saturated rings. The highest BCUT2D eigenvalue weighted by Crippen LogP contribution is 2.21.